The van der Waals surface area contributed by atoms with Crippen molar-refractivity contribution < 1.29 is 0 Å². The third kappa shape index (κ3) is 3.41. The van der Waals surface area contributed by atoms with Crippen molar-refractivity contribution in [3.63, 3.8) is 0 Å². The Bertz CT molecular complexity index is 897. The summed E-state index contributed by atoms with van der Waals surface area (Å²) < 4.78 is 0. The molecule has 3 aromatic rings. The predicted molar refractivity (Wildman–Crippen MR) is 100 cm³/mol. The zero-order chi connectivity index (χ0) is 17.1. The molecule has 0 spiro atoms. The molecule has 3 rings (SSSR count). The highest BCUT2D eigenvalue weighted by atomic mass is 16.1. The molecule has 1 heterocycles. The molecule has 1 N–H and O–H groups in total. The standard InChI is InChI=1S/C21H24N2O/c1-4-16-10-11-20-18(12-16)21(24)19(15(2)22-20)14-23(3)13-17-8-6-5-7-9-17/h5-12H,4,13-14H2,1-3H3,(H,22,24). The topological polar surface area (TPSA) is 36.1 Å². The second kappa shape index (κ2) is 7.02. The molecule has 0 unspecified atom stereocenters. The predicted octanol–water partition coefficient (Wildman–Crippen LogP) is 4.03. The van der Waals surface area contributed by atoms with E-state index in [0.29, 0.717) is 6.54 Å². The number of aromatic amines is 1. The van der Waals surface area contributed by atoms with Gasteiger partial charge in [0.05, 0.1) is 0 Å². The Morgan fingerprint density at radius 2 is 1.75 bits per heavy atom. The lowest BCUT2D eigenvalue weighted by Crippen LogP contribution is -2.24. The Balaban J connectivity index is 1.92. The summed E-state index contributed by atoms with van der Waals surface area (Å²) in [5, 5.41) is 0.795. The molecule has 0 bridgehead atoms. The molecular weight excluding hydrogens is 296 g/mol. The largest absolute Gasteiger partial charge is 0.358 e. The van der Waals surface area contributed by atoms with Gasteiger partial charge in [0.25, 0.3) is 0 Å². The maximum absolute atomic E-state index is 13.0. The summed E-state index contributed by atoms with van der Waals surface area (Å²) in [6.45, 7) is 5.56. The van der Waals surface area contributed by atoms with Gasteiger partial charge in [-0.1, -0.05) is 43.3 Å². The van der Waals surface area contributed by atoms with Crippen molar-refractivity contribution in [2.75, 3.05) is 7.05 Å². The molecule has 2 aromatic carbocycles. The molecule has 24 heavy (non-hydrogen) atoms. The zero-order valence-corrected chi connectivity index (χ0v) is 14.6. The van der Waals surface area contributed by atoms with Crippen LogP contribution in [0.25, 0.3) is 10.9 Å². The second-order valence-electron chi connectivity index (χ2n) is 6.45. The SMILES string of the molecule is CCc1ccc2[nH]c(C)c(CN(C)Cc3ccccc3)c(=O)c2c1. The molecule has 124 valence electrons. The lowest BCUT2D eigenvalue weighted by atomic mass is 10.0. The van der Waals surface area contributed by atoms with Gasteiger partial charge in [0, 0.05) is 35.2 Å². The van der Waals surface area contributed by atoms with Crippen molar-refractivity contribution in [1.29, 1.82) is 0 Å². The number of rotatable bonds is 5. The van der Waals surface area contributed by atoms with Gasteiger partial charge in [-0.05, 0) is 43.7 Å². The van der Waals surface area contributed by atoms with Gasteiger partial charge in [-0.3, -0.25) is 9.69 Å². The summed E-state index contributed by atoms with van der Waals surface area (Å²) in [6, 6.07) is 16.5. The van der Waals surface area contributed by atoms with Crippen molar-refractivity contribution in [3.05, 3.63) is 81.1 Å². The number of fused-ring (bicyclic) bond motifs is 1. The molecule has 0 fully saturated rings. The van der Waals surface area contributed by atoms with Crippen molar-refractivity contribution in [2.45, 2.75) is 33.4 Å². The lowest BCUT2D eigenvalue weighted by molar-refractivity contribution is 0.317. The zero-order valence-electron chi connectivity index (χ0n) is 14.6. The second-order valence-corrected chi connectivity index (χ2v) is 6.45. The Labute approximate surface area is 143 Å². The quantitative estimate of drug-likeness (QED) is 0.770. The van der Waals surface area contributed by atoms with Gasteiger partial charge in [0.2, 0.25) is 0 Å². The highest BCUT2D eigenvalue weighted by molar-refractivity contribution is 5.80. The van der Waals surface area contributed by atoms with Gasteiger partial charge < -0.3 is 4.98 Å². The normalized spacial score (nSPS) is 11.3. The van der Waals surface area contributed by atoms with Crippen molar-refractivity contribution in [3.8, 4) is 0 Å². The summed E-state index contributed by atoms with van der Waals surface area (Å²) >= 11 is 0. The molecule has 0 aliphatic rings. The number of nitrogens with one attached hydrogen (secondary N) is 1. The number of benzene rings is 2. The van der Waals surface area contributed by atoms with E-state index in [4.69, 9.17) is 0 Å². The monoisotopic (exact) mass is 320 g/mol. The highest BCUT2D eigenvalue weighted by Gasteiger charge is 2.12. The first-order valence-electron chi connectivity index (χ1n) is 8.45. The van der Waals surface area contributed by atoms with Crippen LogP contribution >= 0.6 is 0 Å². The van der Waals surface area contributed by atoms with Crippen LogP contribution in [-0.2, 0) is 19.5 Å². The first-order valence-corrected chi connectivity index (χ1v) is 8.45. The minimum atomic E-state index is 0.150. The summed E-state index contributed by atoms with van der Waals surface area (Å²) in [5.74, 6) is 0. The van der Waals surface area contributed by atoms with Crippen molar-refractivity contribution in [1.82, 2.24) is 9.88 Å². The van der Waals surface area contributed by atoms with Crippen LogP contribution in [0.2, 0.25) is 0 Å². The molecule has 0 saturated carbocycles. The molecular formula is C21H24N2O. The molecule has 0 atom stereocenters. The number of aromatic nitrogens is 1. The number of pyridine rings is 1. The molecule has 0 amide bonds. The summed E-state index contributed by atoms with van der Waals surface area (Å²) in [4.78, 5) is 18.5. The maximum atomic E-state index is 13.0. The summed E-state index contributed by atoms with van der Waals surface area (Å²) in [6.07, 6.45) is 0.937. The van der Waals surface area contributed by atoms with E-state index in [2.05, 4.69) is 42.1 Å². The first-order chi connectivity index (χ1) is 11.6. The fraction of sp³-hybridized carbons (Fsp3) is 0.286. The van der Waals surface area contributed by atoms with E-state index in [9.17, 15) is 4.79 Å². The number of nitrogens with zero attached hydrogens (tertiary/aromatic N) is 1. The molecule has 3 heteroatoms. The van der Waals surface area contributed by atoms with Crippen LogP contribution in [0, 0.1) is 6.92 Å². The molecule has 0 aliphatic carbocycles. The smallest absolute Gasteiger partial charge is 0.194 e. The lowest BCUT2D eigenvalue weighted by Gasteiger charge is -2.18. The minimum absolute atomic E-state index is 0.150. The highest BCUT2D eigenvalue weighted by Crippen LogP contribution is 2.15. The van der Waals surface area contributed by atoms with Crippen LogP contribution in [0.15, 0.2) is 53.3 Å². The fourth-order valence-electron chi connectivity index (χ4n) is 3.13. The number of H-pyrrole nitrogens is 1. The van der Waals surface area contributed by atoms with Crippen LogP contribution in [-0.4, -0.2) is 16.9 Å². The Morgan fingerprint density at radius 3 is 2.46 bits per heavy atom. The maximum Gasteiger partial charge on any atom is 0.194 e. The van der Waals surface area contributed by atoms with E-state index in [0.717, 1.165) is 35.1 Å². The summed E-state index contributed by atoms with van der Waals surface area (Å²) in [5.41, 5.74) is 5.33. The van der Waals surface area contributed by atoms with E-state index < -0.39 is 0 Å². The van der Waals surface area contributed by atoms with E-state index in [1.54, 1.807) is 0 Å². The molecule has 0 saturated heterocycles. The third-order valence-corrected chi connectivity index (χ3v) is 4.51. The molecule has 0 aliphatic heterocycles. The van der Waals surface area contributed by atoms with Crippen LogP contribution in [0.4, 0.5) is 0 Å². The van der Waals surface area contributed by atoms with Gasteiger partial charge in [-0.25, -0.2) is 0 Å². The van der Waals surface area contributed by atoms with Gasteiger partial charge in [-0.15, -0.1) is 0 Å². The van der Waals surface area contributed by atoms with Crippen molar-refractivity contribution in [2.24, 2.45) is 0 Å². The van der Waals surface area contributed by atoms with Crippen LogP contribution in [0.3, 0.4) is 0 Å². The number of hydrogen-bond donors (Lipinski definition) is 1. The molecule has 0 radical (unpaired) electrons. The Hall–Kier alpha value is -2.39. The minimum Gasteiger partial charge on any atom is -0.358 e. The van der Waals surface area contributed by atoms with E-state index in [1.807, 2.05) is 37.3 Å². The van der Waals surface area contributed by atoms with Crippen LogP contribution in [0.1, 0.15) is 29.3 Å². The average Bonchev–Trinajstić information content (AvgIpc) is 2.59. The van der Waals surface area contributed by atoms with Gasteiger partial charge >= 0.3 is 0 Å². The van der Waals surface area contributed by atoms with E-state index in [1.165, 1.54) is 11.1 Å². The molecule has 3 nitrogen and oxygen atoms in total. The van der Waals surface area contributed by atoms with Gasteiger partial charge in [0.15, 0.2) is 5.43 Å². The Kier molecular flexibility index (Phi) is 4.81. The van der Waals surface area contributed by atoms with E-state index >= 15 is 0 Å². The van der Waals surface area contributed by atoms with E-state index in [-0.39, 0.29) is 5.43 Å². The molecule has 1 aromatic heterocycles. The number of hydrogen-bond acceptors (Lipinski definition) is 2. The average molecular weight is 320 g/mol. The first kappa shape index (κ1) is 16.5. The van der Waals surface area contributed by atoms with Crippen LogP contribution in [0.5, 0.6) is 0 Å². The van der Waals surface area contributed by atoms with Crippen LogP contribution < -0.4 is 5.43 Å². The van der Waals surface area contributed by atoms with Gasteiger partial charge in [0.1, 0.15) is 0 Å². The van der Waals surface area contributed by atoms with Gasteiger partial charge in [-0.2, -0.15) is 0 Å². The fourth-order valence-corrected chi connectivity index (χ4v) is 3.13. The number of aryl methyl sites for hydroxylation is 2. The summed E-state index contributed by atoms with van der Waals surface area (Å²) in [7, 11) is 2.05. The van der Waals surface area contributed by atoms with Crippen molar-refractivity contribution >= 4 is 10.9 Å². The third-order valence-electron chi connectivity index (χ3n) is 4.51. The Morgan fingerprint density at radius 1 is 1.00 bits per heavy atom.